The van der Waals surface area contributed by atoms with Crippen LogP contribution in [-0.4, -0.2) is 34.3 Å². The molecule has 4 nitrogen and oxygen atoms in total. The number of hydrogen-bond acceptors (Lipinski definition) is 4. The number of aromatic nitrogens is 2. The molecule has 1 fully saturated rings. The molecule has 2 heterocycles. The number of aliphatic hydroxyl groups excluding tert-OH is 1. The van der Waals surface area contributed by atoms with E-state index in [9.17, 15) is 5.11 Å². The van der Waals surface area contributed by atoms with Gasteiger partial charge in [0.2, 0.25) is 0 Å². The summed E-state index contributed by atoms with van der Waals surface area (Å²) in [5.41, 5.74) is 0. The van der Waals surface area contributed by atoms with Crippen molar-refractivity contribution >= 4 is 21.7 Å². The van der Waals surface area contributed by atoms with Gasteiger partial charge in [-0.05, 0) is 28.3 Å². The Labute approximate surface area is 97.5 Å². The standard InChI is InChI=1S/C10H14BrN3O/c1-7-2-8(15)5-14(4-7)10-9(11)3-12-6-13-10/h3,6-8,15H,2,4-5H2,1H3. The van der Waals surface area contributed by atoms with Crippen LogP contribution in [0, 0.1) is 5.92 Å². The summed E-state index contributed by atoms with van der Waals surface area (Å²) in [5, 5.41) is 9.70. The van der Waals surface area contributed by atoms with Crippen molar-refractivity contribution in [3.05, 3.63) is 17.0 Å². The molecule has 0 saturated carbocycles. The number of rotatable bonds is 1. The first kappa shape index (κ1) is 10.8. The van der Waals surface area contributed by atoms with Crippen molar-refractivity contribution in [2.24, 2.45) is 5.92 Å². The molecule has 0 bridgehead atoms. The molecule has 82 valence electrons. The van der Waals surface area contributed by atoms with Crippen LogP contribution in [0.4, 0.5) is 5.82 Å². The summed E-state index contributed by atoms with van der Waals surface area (Å²) >= 11 is 3.42. The van der Waals surface area contributed by atoms with Gasteiger partial charge in [-0.3, -0.25) is 0 Å². The molecule has 0 spiro atoms. The molecule has 0 aliphatic carbocycles. The minimum absolute atomic E-state index is 0.254. The number of aliphatic hydroxyl groups is 1. The molecule has 1 aromatic heterocycles. The molecule has 0 radical (unpaired) electrons. The van der Waals surface area contributed by atoms with E-state index in [4.69, 9.17) is 0 Å². The van der Waals surface area contributed by atoms with Crippen molar-refractivity contribution in [2.75, 3.05) is 18.0 Å². The van der Waals surface area contributed by atoms with Gasteiger partial charge in [-0.1, -0.05) is 6.92 Å². The average molecular weight is 272 g/mol. The summed E-state index contributed by atoms with van der Waals surface area (Å²) < 4.78 is 0.881. The number of β-amino-alcohol motifs (C(OH)–C–C–N with tert-alkyl or cyclic N) is 1. The zero-order valence-corrected chi connectivity index (χ0v) is 10.2. The molecule has 2 unspecified atom stereocenters. The number of hydrogen-bond donors (Lipinski definition) is 1. The molecule has 1 aromatic rings. The Morgan fingerprint density at radius 2 is 2.33 bits per heavy atom. The van der Waals surface area contributed by atoms with E-state index in [1.54, 1.807) is 6.20 Å². The molecule has 1 saturated heterocycles. The first-order valence-electron chi connectivity index (χ1n) is 5.05. The highest BCUT2D eigenvalue weighted by atomic mass is 79.9. The van der Waals surface area contributed by atoms with Crippen molar-refractivity contribution in [1.82, 2.24) is 9.97 Å². The van der Waals surface area contributed by atoms with E-state index < -0.39 is 0 Å². The van der Waals surface area contributed by atoms with Crippen molar-refractivity contribution in [2.45, 2.75) is 19.4 Å². The van der Waals surface area contributed by atoms with Gasteiger partial charge in [0.1, 0.15) is 12.1 Å². The first-order valence-corrected chi connectivity index (χ1v) is 5.84. The molecule has 1 aliphatic rings. The van der Waals surface area contributed by atoms with Crippen LogP contribution < -0.4 is 4.90 Å². The van der Waals surface area contributed by atoms with Crippen LogP contribution in [0.1, 0.15) is 13.3 Å². The highest BCUT2D eigenvalue weighted by Gasteiger charge is 2.24. The van der Waals surface area contributed by atoms with Crippen molar-refractivity contribution in [3.8, 4) is 0 Å². The Bertz CT molecular complexity index is 337. The Morgan fingerprint density at radius 3 is 3.00 bits per heavy atom. The second-order valence-electron chi connectivity index (χ2n) is 4.09. The average Bonchev–Trinajstić information content (AvgIpc) is 2.16. The van der Waals surface area contributed by atoms with Gasteiger partial charge in [0, 0.05) is 19.3 Å². The van der Waals surface area contributed by atoms with Gasteiger partial charge in [0.15, 0.2) is 0 Å². The summed E-state index contributed by atoms with van der Waals surface area (Å²) in [5.74, 6) is 1.37. The van der Waals surface area contributed by atoms with E-state index in [2.05, 4.69) is 37.7 Å². The van der Waals surface area contributed by atoms with E-state index in [1.807, 2.05) is 0 Å². The molecular formula is C10H14BrN3O. The minimum atomic E-state index is -0.254. The zero-order chi connectivity index (χ0) is 10.8. The third kappa shape index (κ3) is 2.46. The second kappa shape index (κ2) is 4.45. The van der Waals surface area contributed by atoms with Crippen LogP contribution in [0.3, 0.4) is 0 Å². The number of piperidine rings is 1. The van der Waals surface area contributed by atoms with Gasteiger partial charge in [-0.25, -0.2) is 9.97 Å². The molecular weight excluding hydrogens is 258 g/mol. The van der Waals surface area contributed by atoms with Gasteiger partial charge in [0.25, 0.3) is 0 Å². The largest absolute Gasteiger partial charge is 0.391 e. The van der Waals surface area contributed by atoms with E-state index >= 15 is 0 Å². The second-order valence-corrected chi connectivity index (χ2v) is 4.95. The monoisotopic (exact) mass is 271 g/mol. The van der Waals surface area contributed by atoms with Crippen LogP contribution >= 0.6 is 15.9 Å². The predicted molar refractivity (Wildman–Crippen MR) is 61.7 cm³/mol. The van der Waals surface area contributed by atoms with Gasteiger partial charge in [-0.15, -0.1) is 0 Å². The Hall–Kier alpha value is -0.680. The van der Waals surface area contributed by atoms with E-state index in [1.165, 1.54) is 6.33 Å². The third-order valence-corrected chi connectivity index (χ3v) is 3.14. The van der Waals surface area contributed by atoms with Crippen molar-refractivity contribution in [3.63, 3.8) is 0 Å². The lowest BCUT2D eigenvalue weighted by atomic mass is 9.98. The molecule has 15 heavy (non-hydrogen) atoms. The highest BCUT2D eigenvalue weighted by molar-refractivity contribution is 9.10. The molecule has 5 heteroatoms. The number of halogens is 1. The van der Waals surface area contributed by atoms with Crippen LogP contribution in [0.25, 0.3) is 0 Å². The summed E-state index contributed by atoms with van der Waals surface area (Å²) in [6.07, 6.45) is 3.88. The van der Waals surface area contributed by atoms with E-state index in [-0.39, 0.29) is 6.10 Å². The van der Waals surface area contributed by atoms with Crippen LogP contribution in [0.15, 0.2) is 17.0 Å². The van der Waals surface area contributed by atoms with E-state index in [0.29, 0.717) is 12.5 Å². The molecule has 2 rings (SSSR count). The smallest absolute Gasteiger partial charge is 0.146 e. The zero-order valence-electron chi connectivity index (χ0n) is 8.60. The van der Waals surface area contributed by atoms with Crippen molar-refractivity contribution in [1.29, 1.82) is 0 Å². The molecule has 2 atom stereocenters. The Kier molecular flexibility index (Phi) is 3.21. The predicted octanol–water partition coefficient (Wildman–Crippen LogP) is 1.45. The quantitative estimate of drug-likeness (QED) is 0.840. The van der Waals surface area contributed by atoms with Crippen LogP contribution in [0.2, 0.25) is 0 Å². The minimum Gasteiger partial charge on any atom is -0.391 e. The number of nitrogens with zero attached hydrogens (tertiary/aromatic N) is 3. The van der Waals surface area contributed by atoms with Crippen LogP contribution in [0.5, 0.6) is 0 Å². The fourth-order valence-corrected chi connectivity index (χ4v) is 2.50. The molecule has 1 aliphatic heterocycles. The van der Waals surface area contributed by atoms with Crippen molar-refractivity contribution < 1.29 is 5.11 Å². The van der Waals surface area contributed by atoms with E-state index in [0.717, 1.165) is 23.3 Å². The lowest BCUT2D eigenvalue weighted by molar-refractivity contribution is 0.132. The fourth-order valence-electron chi connectivity index (χ4n) is 2.03. The summed E-state index contributed by atoms with van der Waals surface area (Å²) in [7, 11) is 0. The first-order chi connectivity index (χ1) is 7.16. The van der Waals surface area contributed by atoms with Gasteiger partial charge in [0.05, 0.1) is 10.6 Å². The van der Waals surface area contributed by atoms with Gasteiger partial charge in [-0.2, -0.15) is 0 Å². The topological polar surface area (TPSA) is 49.2 Å². The van der Waals surface area contributed by atoms with Gasteiger partial charge >= 0.3 is 0 Å². The SMILES string of the molecule is CC1CC(O)CN(c2ncncc2Br)C1. The molecule has 0 aromatic carbocycles. The normalized spacial score (nSPS) is 26.7. The summed E-state index contributed by atoms with van der Waals surface area (Å²) in [4.78, 5) is 10.3. The lowest BCUT2D eigenvalue weighted by Crippen LogP contribution is -2.42. The number of anilines is 1. The molecule has 1 N–H and O–H groups in total. The summed E-state index contributed by atoms with van der Waals surface area (Å²) in [6, 6.07) is 0. The third-order valence-electron chi connectivity index (χ3n) is 2.59. The summed E-state index contributed by atoms with van der Waals surface area (Å²) in [6.45, 7) is 3.73. The van der Waals surface area contributed by atoms with Gasteiger partial charge < -0.3 is 10.0 Å². The lowest BCUT2D eigenvalue weighted by Gasteiger charge is -2.35. The van der Waals surface area contributed by atoms with Crippen LogP contribution in [-0.2, 0) is 0 Å². The maximum atomic E-state index is 9.70. The maximum Gasteiger partial charge on any atom is 0.146 e. The highest BCUT2D eigenvalue weighted by Crippen LogP contribution is 2.26. The molecule has 0 amide bonds. The Morgan fingerprint density at radius 1 is 1.53 bits per heavy atom. The maximum absolute atomic E-state index is 9.70. The Balaban J connectivity index is 2.20. The fraction of sp³-hybridized carbons (Fsp3) is 0.600.